The first kappa shape index (κ1) is 11.2. The Morgan fingerprint density at radius 3 is 3.00 bits per heavy atom. The standard InChI is InChI=1S/C12H16O4/c1-12(2)6-5-9(16-12)8-15-11(13)10-4-3-7-14-10/h3-4,7,9H,5-6,8H2,1-2H3/t9-/m0/s1. The molecule has 0 amide bonds. The maximum absolute atomic E-state index is 11.5. The molecule has 4 heteroatoms. The maximum Gasteiger partial charge on any atom is 0.374 e. The molecule has 2 rings (SSSR count). The van der Waals surface area contributed by atoms with Crippen LogP contribution >= 0.6 is 0 Å². The minimum absolute atomic E-state index is 0.00825. The van der Waals surface area contributed by atoms with Crippen LogP contribution in [-0.2, 0) is 9.47 Å². The summed E-state index contributed by atoms with van der Waals surface area (Å²) in [6.07, 6.45) is 3.38. The van der Waals surface area contributed by atoms with Crippen LogP contribution in [0, 0.1) is 0 Å². The molecule has 0 aliphatic carbocycles. The summed E-state index contributed by atoms with van der Waals surface area (Å²) in [7, 11) is 0. The van der Waals surface area contributed by atoms with E-state index in [-0.39, 0.29) is 17.5 Å². The molecular formula is C12H16O4. The molecule has 0 unspecified atom stereocenters. The fraction of sp³-hybridized carbons (Fsp3) is 0.583. The third kappa shape index (κ3) is 2.64. The van der Waals surface area contributed by atoms with Gasteiger partial charge in [0.05, 0.1) is 18.0 Å². The predicted octanol–water partition coefficient (Wildman–Crippen LogP) is 2.39. The van der Waals surface area contributed by atoms with Gasteiger partial charge in [0.25, 0.3) is 0 Å². The van der Waals surface area contributed by atoms with E-state index in [9.17, 15) is 4.79 Å². The molecule has 16 heavy (non-hydrogen) atoms. The molecule has 1 aromatic rings. The number of rotatable bonds is 3. The van der Waals surface area contributed by atoms with Crippen molar-refractivity contribution in [1.82, 2.24) is 0 Å². The number of hydrogen-bond donors (Lipinski definition) is 0. The molecule has 0 spiro atoms. The highest BCUT2D eigenvalue weighted by Crippen LogP contribution is 2.29. The topological polar surface area (TPSA) is 48.7 Å². The summed E-state index contributed by atoms with van der Waals surface area (Å²) in [5.74, 6) is -0.199. The third-order valence-electron chi connectivity index (χ3n) is 2.68. The SMILES string of the molecule is CC1(C)CC[C@@H](COC(=O)c2ccco2)O1. The van der Waals surface area contributed by atoms with Crippen LogP contribution in [0.15, 0.2) is 22.8 Å². The zero-order valence-corrected chi connectivity index (χ0v) is 9.56. The molecule has 4 nitrogen and oxygen atoms in total. The van der Waals surface area contributed by atoms with Crippen molar-refractivity contribution in [2.75, 3.05) is 6.61 Å². The molecule has 1 aliphatic rings. The Labute approximate surface area is 94.5 Å². The zero-order valence-electron chi connectivity index (χ0n) is 9.56. The molecule has 2 heterocycles. The molecule has 1 aromatic heterocycles. The van der Waals surface area contributed by atoms with E-state index < -0.39 is 5.97 Å². The number of esters is 1. The van der Waals surface area contributed by atoms with E-state index in [1.165, 1.54) is 6.26 Å². The Hall–Kier alpha value is -1.29. The smallest absolute Gasteiger partial charge is 0.374 e. The second kappa shape index (κ2) is 4.29. The molecule has 0 N–H and O–H groups in total. The van der Waals surface area contributed by atoms with Crippen LogP contribution in [0.1, 0.15) is 37.2 Å². The van der Waals surface area contributed by atoms with Gasteiger partial charge in [-0.25, -0.2) is 4.79 Å². The minimum atomic E-state index is -0.432. The molecule has 1 saturated heterocycles. The van der Waals surface area contributed by atoms with Crippen LogP contribution in [-0.4, -0.2) is 24.3 Å². The number of hydrogen-bond acceptors (Lipinski definition) is 4. The van der Waals surface area contributed by atoms with Gasteiger partial charge in [-0.3, -0.25) is 0 Å². The van der Waals surface area contributed by atoms with Gasteiger partial charge in [-0.15, -0.1) is 0 Å². The Balaban J connectivity index is 1.79. The maximum atomic E-state index is 11.5. The minimum Gasteiger partial charge on any atom is -0.457 e. The van der Waals surface area contributed by atoms with Crippen molar-refractivity contribution < 1.29 is 18.7 Å². The van der Waals surface area contributed by atoms with E-state index in [4.69, 9.17) is 13.9 Å². The first-order chi connectivity index (χ1) is 7.57. The largest absolute Gasteiger partial charge is 0.457 e. The van der Waals surface area contributed by atoms with Gasteiger partial charge < -0.3 is 13.9 Å². The Morgan fingerprint density at radius 1 is 1.62 bits per heavy atom. The third-order valence-corrected chi connectivity index (χ3v) is 2.68. The molecule has 0 radical (unpaired) electrons. The Kier molecular flexibility index (Phi) is 3.01. The van der Waals surface area contributed by atoms with E-state index in [1.54, 1.807) is 12.1 Å². The zero-order chi connectivity index (χ0) is 11.6. The molecule has 0 saturated carbocycles. The highest BCUT2D eigenvalue weighted by Gasteiger charge is 2.32. The lowest BCUT2D eigenvalue weighted by Gasteiger charge is -2.18. The Morgan fingerprint density at radius 2 is 2.44 bits per heavy atom. The van der Waals surface area contributed by atoms with Crippen molar-refractivity contribution in [2.24, 2.45) is 0 Å². The number of ether oxygens (including phenoxy) is 2. The van der Waals surface area contributed by atoms with Gasteiger partial charge in [-0.1, -0.05) is 0 Å². The molecule has 88 valence electrons. The first-order valence-electron chi connectivity index (χ1n) is 5.45. The van der Waals surface area contributed by atoms with E-state index in [1.807, 2.05) is 13.8 Å². The molecule has 1 atom stereocenters. The van der Waals surface area contributed by atoms with Crippen LogP contribution in [0.4, 0.5) is 0 Å². The summed E-state index contributed by atoms with van der Waals surface area (Å²) < 4.78 is 15.8. The summed E-state index contributed by atoms with van der Waals surface area (Å²) in [6.45, 7) is 4.38. The van der Waals surface area contributed by atoms with Gasteiger partial charge >= 0.3 is 5.97 Å². The summed E-state index contributed by atoms with van der Waals surface area (Å²) >= 11 is 0. The molecule has 0 aromatic carbocycles. The fourth-order valence-corrected chi connectivity index (χ4v) is 1.83. The van der Waals surface area contributed by atoms with Gasteiger partial charge in [-0.2, -0.15) is 0 Å². The lowest BCUT2D eigenvalue weighted by Crippen LogP contribution is -2.24. The van der Waals surface area contributed by atoms with Crippen LogP contribution < -0.4 is 0 Å². The fourth-order valence-electron chi connectivity index (χ4n) is 1.83. The van der Waals surface area contributed by atoms with Gasteiger partial charge in [0.15, 0.2) is 0 Å². The van der Waals surface area contributed by atoms with Gasteiger partial charge in [-0.05, 0) is 38.8 Å². The van der Waals surface area contributed by atoms with Crippen molar-refractivity contribution in [1.29, 1.82) is 0 Å². The normalized spacial score (nSPS) is 23.2. The van der Waals surface area contributed by atoms with Crippen LogP contribution in [0.2, 0.25) is 0 Å². The lowest BCUT2D eigenvalue weighted by atomic mass is 10.1. The number of carbonyl (C=O) groups excluding carboxylic acids is 1. The Bertz CT molecular complexity index is 353. The van der Waals surface area contributed by atoms with Crippen molar-refractivity contribution in [2.45, 2.75) is 38.4 Å². The van der Waals surface area contributed by atoms with Crippen LogP contribution in [0.3, 0.4) is 0 Å². The molecule has 0 bridgehead atoms. The summed E-state index contributed by atoms with van der Waals surface area (Å²) in [6, 6.07) is 3.24. The quantitative estimate of drug-likeness (QED) is 0.740. The van der Waals surface area contributed by atoms with Crippen LogP contribution in [0.25, 0.3) is 0 Å². The molecular weight excluding hydrogens is 208 g/mol. The highest BCUT2D eigenvalue weighted by atomic mass is 16.6. The second-order valence-electron chi connectivity index (χ2n) is 4.61. The molecule has 1 aliphatic heterocycles. The van der Waals surface area contributed by atoms with Gasteiger partial charge in [0.1, 0.15) is 6.61 Å². The monoisotopic (exact) mass is 224 g/mol. The van der Waals surface area contributed by atoms with Crippen molar-refractivity contribution in [3.05, 3.63) is 24.2 Å². The summed E-state index contributed by atoms with van der Waals surface area (Å²) in [4.78, 5) is 11.5. The van der Waals surface area contributed by atoms with Crippen molar-refractivity contribution in [3.8, 4) is 0 Å². The average molecular weight is 224 g/mol. The average Bonchev–Trinajstić information content (AvgIpc) is 2.83. The first-order valence-corrected chi connectivity index (χ1v) is 5.45. The van der Waals surface area contributed by atoms with Gasteiger partial charge in [0.2, 0.25) is 5.76 Å². The number of carbonyl (C=O) groups is 1. The predicted molar refractivity (Wildman–Crippen MR) is 57.2 cm³/mol. The van der Waals surface area contributed by atoms with E-state index in [0.717, 1.165) is 12.8 Å². The van der Waals surface area contributed by atoms with E-state index in [2.05, 4.69) is 0 Å². The van der Waals surface area contributed by atoms with Gasteiger partial charge in [0, 0.05) is 0 Å². The summed E-state index contributed by atoms with van der Waals surface area (Å²) in [5, 5.41) is 0. The van der Waals surface area contributed by atoms with E-state index in [0.29, 0.717) is 6.61 Å². The highest BCUT2D eigenvalue weighted by molar-refractivity contribution is 5.86. The summed E-state index contributed by atoms with van der Waals surface area (Å²) in [5.41, 5.74) is -0.0955. The lowest BCUT2D eigenvalue weighted by molar-refractivity contribution is -0.0451. The van der Waals surface area contributed by atoms with E-state index >= 15 is 0 Å². The van der Waals surface area contributed by atoms with Crippen LogP contribution in [0.5, 0.6) is 0 Å². The van der Waals surface area contributed by atoms with Crippen molar-refractivity contribution >= 4 is 5.97 Å². The van der Waals surface area contributed by atoms with Crippen molar-refractivity contribution in [3.63, 3.8) is 0 Å². The number of furan rings is 1. The second-order valence-corrected chi connectivity index (χ2v) is 4.61. The molecule has 1 fully saturated rings.